The fraction of sp³-hybridized carbons (Fsp3) is 0.125. The van der Waals surface area contributed by atoms with E-state index in [0.717, 1.165) is 23.3 Å². The second kappa shape index (κ2) is 8.61. The number of hydrogen-bond acceptors (Lipinski definition) is 6. The van der Waals surface area contributed by atoms with Gasteiger partial charge in [-0.15, -0.1) is 5.10 Å². The van der Waals surface area contributed by atoms with Crippen LogP contribution in [0.1, 0.15) is 19.1 Å². The standard InChI is InChI=1S/C24H18ClN3O3S/c1-2-13-30-18-9-5-16(6-10-18)22-26-24-28(27-22)23(29)21(32-24)14-19-11-12-20(31-19)15-3-7-17(25)8-4-15/h3-12,14H,2,13H2,1H3. The number of thiazole rings is 1. The van der Waals surface area contributed by atoms with Crippen LogP contribution in [-0.2, 0) is 0 Å². The molecule has 0 fully saturated rings. The highest BCUT2D eigenvalue weighted by molar-refractivity contribution is 7.15. The number of hydrogen-bond donors (Lipinski definition) is 0. The Balaban J connectivity index is 1.42. The molecule has 5 aromatic rings. The van der Waals surface area contributed by atoms with Gasteiger partial charge in [-0.1, -0.05) is 29.9 Å². The van der Waals surface area contributed by atoms with Gasteiger partial charge in [0, 0.05) is 22.2 Å². The van der Waals surface area contributed by atoms with Crippen molar-refractivity contribution >= 4 is 34.0 Å². The number of rotatable bonds is 6. The van der Waals surface area contributed by atoms with Crippen molar-refractivity contribution < 1.29 is 9.15 Å². The summed E-state index contributed by atoms with van der Waals surface area (Å²) < 4.78 is 13.3. The summed E-state index contributed by atoms with van der Waals surface area (Å²) in [7, 11) is 0. The van der Waals surface area contributed by atoms with E-state index >= 15 is 0 Å². The van der Waals surface area contributed by atoms with Crippen LogP contribution < -0.4 is 14.8 Å². The van der Waals surface area contributed by atoms with Crippen molar-refractivity contribution in [3.63, 3.8) is 0 Å². The van der Waals surface area contributed by atoms with E-state index in [0.29, 0.717) is 38.5 Å². The number of benzene rings is 2. The van der Waals surface area contributed by atoms with E-state index in [1.54, 1.807) is 6.08 Å². The molecule has 0 aliphatic heterocycles. The monoisotopic (exact) mass is 463 g/mol. The van der Waals surface area contributed by atoms with Gasteiger partial charge in [-0.2, -0.15) is 9.50 Å². The molecule has 5 rings (SSSR count). The van der Waals surface area contributed by atoms with E-state index in [-0.39, 0.29) is 5.56 Å². The van der Waals surface area contributed by atoms with E-state index < -0.39 is 0 Å². The van der Waals surface area contributed by atoms with Crippen LogP contribution in [0.2, 0.25) is 5.02 Å². The Labute approximate surface area is 192 Å². The molecule has 0 saturated carbocycles. The first-order chi connectivity index (χ1) is 15.6. The Morgan fingerprint density at radius 1 is 1.06 bits per heavy atom. The van der Waals surface area contributed by atoms with Gasteiger partial charge in [-0.05, 0) is 67.1 Å². The lowest BCUT2D eigenvalue weighted by atomic mass is 10.2. The van der Waals surface area contributed by atoms with Crippen molar-refractivity contribution in [3.8, 4) is 28.5 Å². The lowest BCUT2D eigenvalue weighted by Gasteiger charge is -2.04. The van der Waals surface area contributed by atoms with Crippen LogP contribution in [0.25, 0.3) is 33.7 Å². The molecule has 3 aromatic heterocycles. The van der Waals surface area contributed by atoms with Crippen molar-refractivity contribution in [1.82, 2.24) is 14.6 Å². The lowest BCUT2D eigenvalue weighted by molar-refractivity contribution is 0.317. The third-order valence-electron chi connectivity index (χ3n) is 4.80. The molecule has 2 aromatic carbocycles. The van der Waals surface area contributed by atoms with E-state index in [1.165, 1.54) is 15.9 Å². The summed E-state index contributed by atoms with van der Waals surface area (Å²) in [5, 5.41) is 5.06. The Kier molecular flexibility index (Phi) is 5.51. The molecule has 0 spiro atoms. The van der Waals surface area contributed by atoms with Crippen molar-refractivity contribution in [2.75, 3.05) is 6.61 Å². The van der Waals surface area contributed by atoms with Crippen LogP contribution in [-0.4, -0.2) is 21.2 Å². The summed E-state index contributed by atoms with van der Waals surface area (Å²) in [5.41, 5.74) is 1.51. The molecule has 6 nitrogen and oxygen atoms in total. The average molecular weight is 464 g/mol. The molecule has 0 aliphatic carbocycles. The molecule has 0 bridgehead atoms. The van der Waals surface area contributed by atoms with Crippen molar-refractivity contribution in [2.45, 2.75) is 13.3 Å². The van der Waals surface area contributed by atoms with Gasteiger partial charge in [-0.25, -0.2) is 0 Å². The first-order valence-electron chi connectivity index (χ1n) is 10.1. The normalized spacial score (nSPS) is 12.0. The minimum atomic E-state index is -0.226. The predicted octanol–water partition coefficient (Wildman–Crippen LogP) is 5.07. The molecule has 0 N–H and O–H groups in total. The van der Waals surface area contributed by atoms with Crippen LogP contribution in [0.5, 0.6) is 5.75 Å². The molecule has 0 saturated heterocycles. The van der Waals surface area contributed by atoms with Crippen molar-refractivity contribution in [3.05, 3.63) is 86.3 Å². The highest BCUT2D eigenvalue weighted by atomic mass is 35.5. The summed E-state index contributed by atoms with van der Waals surface area (Å²) in [4.78, 5) is 17.9. The maximum absolute atomic E-state index is 12.8. The minimum Gasteiger partial charge on any atom is -0.494 e. The summed E-state index contributed by atoms with van der Waals surface area (Å²) in [6.45, 7) is 2.74. The van der Waals surface area contributed by atoms with Gasteiger partial charge in [-0.3, -0.25) is 4.79 Å². The Morgan fingerprint density at radius 3 is 2.53 bits per heavy atom. The first kappa shape index (κ1) is 20.5. The predicted molar refractivity (Wildman–Crippen MR) is 126 cm³/mol. The van der Waals surface area contributed by atoms with Gasteiger partial charge in [0.1, 0.15) is 21.8 Å². The van der Waals surface area contributed by atoms with Gasteiger partial charge in [0.25, 0.3) is 5.56 Å². The number of halogens is 1. The van der Waals surface area contributed by atoms with Gasteiger partial charge in [0.2, 0.25) is 4.96 Å². The number of nitrogens with zero attached hydrogens (tertiary/aromatic N) is 3. The van der Waals surface area contributed by atoms with Crippen LogP contribution in [0, 0.1) is 0 Å². The first-order valence-corrected chi connectivity index (χ1v) is 11.3. The molecular weight excluding hydrogens is 446 g/mol. The molecule has 0 unspecified atom stereocenters. The average Bonchev–Trinajstić information content (AvgIpc) is 3.51. The largest absolute Gasteiger partial charge is 0.494 e. The number of ether oxygens (including phenoxy) is 1. The molecule has 0 aliphatic rings. The summed E-state index contributed by atoms with van der Waals surface area (Å²) >= 11 is 7.22. The number of furan rings is 1. The van der Waals surface area contributed by atoms with E-state index in [9.17, 15) is 4.79 Å². The number of fused-ring (bicyclic) bond motifs is 1. The molecule has 3 heterocycles. The zero-order valence-corrected chi connectivity index (χ0v) is 18.7. The molecule has 0 radical (unpaired) electrons. The molecule has 0 amide bonds. The Morgan fingerprint density at radius 2 is 1.81 bits per heavy atom. The molecule has 0 atom stereocenters. The maximum Gasteiger partial charge on any atom is 0.291 e. The van der Waals surface area contributed by atoms with Crippen LogP contribution in [0.4, 0.5) is 0 Å². The smallest absolute Gasteiger partial charge is 0.291 e. The second-order valence-corrected chi connectivity index (χ2v) is 8.57. The van der Waals surface area contributed by atoms with Crippen molar-refractivity contribution in [1.29, 1.82) is 0 Å². The lowest BCUT2D eigenvalue weighted by Crippen LogP contribution is -2.23. The topological polar surface area (TPSA) is 69.6 Å². The third-order valence-corrected chi connectivity index (χ3v) is 6.01. The highest BCUT2D eigenvalue weighted by Crippen LogP contribution is 2.24. The third kappa shape index (κ3) is 4.04. The van der Waals surface area contributed by atoms with E-state index in [2.05, 4.69) is 17.0 Å². The fourth-order valence-corrected chi connectivity index (χ4v) is 4.22. The Bertz CT molecular complexity index is 1480. The maximum atomic E-state index is 12.8. The van der Waals surface area contributed by atoms with Crippen LogP contribution >= 0.6 is 22.9 Å². The molecular formula is C24H18ClN3O3S. The van der Waals surface area contributed by atoms with Crippen LogP contribution in [0.15, 0.2) is 69.9 Å². The van der Waals surface area contributed by atoms with Gasteiger partial charge >= 0.3 is 0 Å². The second-order valence-electron chi connectivity index (χ2n) is 7.13. The van der Waals surface area contributed by atoms with Crippen LogP contribution in [0.3, 0.4) is 0 Å². The minimum absolute atomic E-state index is 0.226. The van der Waals surface area contributed by atoms with E-state index in [1.807, 2.05) is 60.7 Å². The fourth-order valence-electron chi connectivity index (χ4n) is 3.21. The number of aromatic nitrogens is 3. The Hall–Kier alpha value is -3.42. The zero-order valence-electron chi connectivity index (χ0n) is 17.1. The van der Waals surface area contributed by atoms with Crippen molar-refractivity contribution in [2.24, 2.45) is 0 Å². The SMILES string of the molecule is CCCOc1ccc(-c2nc3sc(=Cc4ccc(-c5ccc(Cl)cc5)o4)c(=O)n3n2)cc1. The van der Waals surface area contributed by atoms with Gasteiger partial charge in [0.05, 0.1) is 6.61 Å². The zero-order chi connectivity index (χ0) is 22.1. The summed E-state index contributed by atoms with van der Waals surface area (Å²) in [6.07, 6.45) is 2.66. The molecule has 8 heteroatoms. The summed E-state index contributed by atoms with van der Waals surface area (Å²) in [5.74, 6) is 2.59. The van der Waals surface area contributed by atoms with E-state index in [4.69, 9.17) is 20.8 Å². The van der Waals surface area contributed by atoms with Gasteiger partial charge in [0.15, 0.2) is 5.82 Å². The molecule has 32 heavy (non-hydrogen) atoms. The summed E-state index contributed by atoms with van der Waals surface area (Å²) in [6, 6.07) is 18.6. The molecule has 160 valence electrons. The quantitative estimate of drug-likeness (QED) is 0.351. The van der Waals surface area contributed by atoms with Gasteiger partial charge < -0.3 is 9.15 Å². The highest BCUT2D eigenvalue weighted by Gasteiger charge is 2.13.